The third-order valence-electron chi connectivity index (χ3n) is 3.10. The Morgan fingerprint density at radius 2 is 2.11 bits per heavy atom. The molecule has 0 aromatic carbocycles. The molecule has 0 radical (unpaired) electrons. The zero-order chi connectivity index (χ0) is 13.3. The minimum Gasteiger partial charge on any atom is -0.263 e. The van der Waals surface area contributed by atoms with Crippen molar-refractivity contribution in [2.75, 3.05) is 6.54 Å². The van der Waals surface area contributed by atoms with Crippen molar-refractivity contribution in [1.82, 2.24) is 19.3 Å². The van der Waals surface area contributed by atoms with Crippen LogP contribution in [0.25, 0.3) is 0 Å². The van der Waals surface area contributed by atoms with Crippen LogP contribution in [0.15, 0.2) is 41.9 Å². The van der Waals surface area contributed by atoms with E-state index < -0.39 is 10.0 Å². The van der Waals surface area contributed by atoms with Crippen molar-refractivity contribution < 1.29 is 8.42 Å². The summed E-state index contributed by atoms with van der Waals surface area (Å²) < 4.78 is 26.3. The Balaban J connectivity index is 1.93. The summed E-state index contributed by atoms with van der Waals surface area (Å²) in [6, 6.07) is 3.17. The molecule has 2 aromatic heterocycles. The summed E-state index contributed by atoms with van der Waals surface area (Å²) in [5, 5.41) is 0. The molecule has 0 N–H and O–H groups in total. The largest absolute Gasteiger partial charge is 0.263 e. The maximum Gasteiger partial charge on any atom is 0.244 e. The molecule has 0 aliphatic carbocycles. The monoisotopic (exact) mass is 276 g/mol. The van der Waals surface area contributed by atoms with Gasteiger partial charge in [-0.2, -0.15) is 4.31 Å². The second kappa shape index (κ2) is 4.67. The molecule has 6 nitrogen and oxygen atoms in total. The Bertz CT molecular complexity index is 688. The van der Waals surface area contributed by atoms with Gasteiger partial charge in [-0.3, -0.25) is 4.98 Å². The summed E-state index contributed by atoms with van der Waals surface area (Å²) in [6.07, 6.45) is 6.69. The smallest absolute Gasteiger partial charge is 0.244 e. The lowest BCUT2D eigenvalue weighted by Gasteiger charge is -2.26. The van der Waals surface area contributed by atoms with Crippen molar-refractivity contribution >= 4 is 10.0 Å². The van der Waals surface area contributed by atoms with E-state index in [1.165, 1.54) is 16.8 Å². The lowest BCUT2D eigenvalue weighted by molar-refractivity contribution is 0.386. The van der Waals surface area contributed by atoms with Gasteiger partial charge in [-0.15, -0.1) is 0 Å². The van der Waals surface area contributed by atoms with Gasteiger partial charge in [0.25, 0.3) is 0 Å². The van der Waals surface area contributed by atoms with Gasteiger partial charge >= 0.3 is 0 Å². The highest BCUT2D eigenvalue weighted by molar-refractivity contribution is 7.89. The van der Waals surface area contributed by atoms with Crippen LogP contribution in [0.1, 0.15) is 11.3 Å². The van der Waals surface area contributed by atoms with Crippen molar-refractivity contribution in [1.29, 1.82) is 0 Å². The van der Waals surface area contributed by atoms with E-state index in [4.69, 9.17) is 0 Å². The minimum atomic E-state index is -3.49. The van der Waals surface area contributed by atoms with Crippen molar-refractivity contribution in [2.45, 2.75) is 17.9 Å². The van der Waals surface area contributed by atoms with Crippen LogP contribution in [0.4, 0.5) is 0 Å². The predicted octanol–water partition coefficient (Wildman–Crippen LogP) is 0.619. The summed E-state index contributed by atoms with van der Waals surface area (Å²) in [5.74, 6) is 0. The van der Waals surface area contributed by atoms with Gasteiger partial charge in [-0.25, -0.2) is 18.4 Å². The first-order chi connectivity index (χ1) is 9.18. The highest BCUT2D eigenvalue weighted by atomic mass is 32.2. The molecule has 7 heteroatoms. The maximum atomic E-state index is 12.4. The molecule has 0 saturated carbocycles. The van der Waals surface area contributed by atoms with E-state index >= 15 is 0 Å². The van der Waals surface area contributed by atoms with Gasteiger partial charge in [0.15, 0.2) is 0 Å². The van der Waals surface area contributed by atoms with E-state index in [1.54, 1.807) is 24.5 Å². The van der Waals surface area contributed by atoms with Gasteiger partial charge in [0, 0.05) is 49.4 Å². The predicted molar refractivity (Wildman–Crippen MR) is 67.6 cm³/mol. The highest BCUT2D eigenvalue weighted by Crippen LogP contribution is 2.22. The fourth-order valence-electron chi connectivity index (χ4n) is 2.09. The van der Waals surface area contributed by atoms with Gasteiger partial charge in [0.2, 0.25) is 10.0 Å². The summed E-state index contributed by atoms with van der Waals surface area (Å²) in [4.78, 5) is 12.2. The lowest BCUT2D eigenvalue weighted by atomic mass is 10.1. The van der Waals surface area contributed by atoms with Crippen LogP contribution in [0.2, 0.25) is 0 Å². The van der Waals surface area contributed by atoms with E-state index in [0.717, 1.165) is 11.3 Å². The first kappa shape index (κ1) is 12.2. The summed E-state index contributed by atoms with van der Waals surface area (Å²) >= 11 is 0. The molecule has 3 rings (SSSR count). The third kappa shape index (κ3) is 2.22. The Labute approximate surface area is 111 Å². The van der Waals surface area contributed by atoms with E-state index in [-0.39, 0.29) is 4.90 Å². The second-order valence-electron chi connectivity index (χ2n) is 4.27. The standard InChI is InChI=1S/C12H12N4O2S/c17-19(18,11-2-1-4-13-7-11)16-5-3-12-10(8-16)6-14-9-15-12/h1-2,4,6-7,9H,3,5,8H2. The Kier molecular flexibility index (Phi) is 3.00. The molecular formula is C12H12N4O2S. The number of sulfonamides is 1. The maximum absolute atomic E-state index is 12.4. The number of nitrogens with zero attached hydrogens (tertiary/aromatic N) is 4. The van der Waals surface area contributed by atoms with Crippen LogP contribution in [-0.2, 0) is 23.0 Å². The van der Waals surface area contributed by atoms with E-state index in [0.29, 0.717) is 19.5 Å². The van der Waals surface area contributed by atoms with Crippen LogP contribution in [0, 0.1) is 0 Å². The van der Waals surface area contributed by atoms with Gasteiger partial charge in [-0.1, -0.05) is 0 Å². The molecule has 0 saturated heterocycles. The molecule has 2 aromatic rings. The lowest BCUT2D eigenvalue weighted by Crippen LogP contribution is -2.36. The minimum absolute atomic E-state index is 0.218. The van der Waals surface area contributed by atoms with Gasteiger partial charge in [0.05, 0.1) is 0 Å². The Morgan fingerprint density at radius 1 is 1.21 bits per heavy atom. The topological polar surface area (TPSA) is 76.1 Å². The third-order valence-corrected chi connectivity index (χ3v) is 4.93. The molecule has 19 heavy (non-hydrogen) atoms. The van der Waals surface area contributed by atoms with Crippen LogP contribution in [-0.4, -0.2) is 34.2 Å². The van der Waals surface area contributed by atoms with Crippen molar-refractivity contribution in [3.8, 4) is 0 Å². The number of hydrogen-bond acceptors (Lipinski definition) is 5. The number of hydrogen-bond donors (Lipinski definition) is 0. The molecule has 1 aliphatic rings. The molecule has 98 valence electrons. The average molecular weight is 276 g/mol. The summed E-state index contributed by atoms with van der Waals surface area (Å²) in [6.45, 7) is 0.745. The average Bonchev–Trinajstić information content (AvgIpc) is 2.47. The molecule has 0 bridgehead atoms. The molecule has 0 spiro atoms. The van der Waals surface area contributed by atoms with Gasteiger partial charge in [-0.05, 0) is 12.1 Å². The van der Waals surface area contributed by atoms with E-state index in [9.17, 15) is 8.42 Å². The first-order valence-corrected chi connectivity index (χ1v) is 7.30. The number of fused-ring (bicyclic) bond motifs is 1. The van der Waals surface area contributed by atoms with Crippen LogP contribution in [0.3, 0.4) is 0 Å². The normalized spacial score (nSPS) is 16.0. The molecule has 0 unspecified atom stereocenters. The van der Waals surface area contributed by atoms with Crippen molar-refractivity contribution in [3.63, 3.8) is 0 Å². The first-order valence-electron chi connectivity index (χ1n) is 5.86. The van der Waals surface area contributed by atoms with Crippen LogP contribution in [0.5, 0.6) is 0 Å². The molecule has 0 atom stereocenters. The zero-order valence-corrected chi connectivity index (χ0v) is 10.9. The van der Waals surface area contributed by atoms with Crippen molar-refractivity contribution in [3.05, 3.63) is 48.3 Å². The summed E-state index contributed by atoms with van der Waals surface area (Å²) in [7, 11) is -3.49. The number of pyridine rings is 1. The summed E-state index contributed by atoms with van der Waals surface area (Å²) in [5.41, 5.74) is 1.79. The second-order valence-corrected chi connectivity index (χ2v) is 6.21. The van der Waals surface area contributed by atoms with Crippen LogP contribution < -0.4 is 0 Å². The zero-order valence-electron chi connectivity index (χ0n) is 10.1. The molecular weight excluding hydrogens is 264 g/mol. The molecule has 3 heterocycles. The van der Waals surface area contributed by atoms with E-state index in [1.807, 2.05) is 0 Å². The SMILES string of the molecule is O=S(=O)(c1cccnc1)N1CCc2ncncc2C1. The number of aromatic nitrogens is 3. The molecule has 0 amide bonds. The van der Waals surface area contributed by atoms with Crippen molar-refractivity contribution in [2.24, 2.45) is 0 Å². The van der Waals surface area contributed by atoms with E-state index in [2.05, 4.69) is 15.0 Å². The molecule has 1 aliphatic heterocycles. The fraction of sp³-hybridized carbons (Fsp3) is 0.250. The Morgan fingerprint density at radius 3 is 2.89 bits per heavy atom. The molecule has 0 fully saturated rings. The highest BCUT2D eigenvalue weighted by Gasteiger charge is 2.28. The number of rotatable bonds is 2. The fourth-order valence-corrected chi connectivity index (χ4v) is 3.48. The van der Waals surface area contributed by atoms with Crippen LogP contribution >= 0.6 is 0 Å². The van der Waals surface area contributed by atoms with Gasteiger partial charge < -0.3 is 0 Å². The quantitative estimate of drug-likeness (QED) is 0.803. The van der Waals surface area contributed by atoms with Gasteiger partial charge in [0.1, 0.15) is 11.2 Å². The Hall–Kier alpha value is -1.86.